The highest BCUT2D eigenvalue weighted by Gasteiger charge is 2.30. The largest absolute Gasteiger partial charge is 0.489 e. The number of benzene rings is 3. The van der Waals surface area contributed by atoms with E-state index in [9.17, 15) is 18.4 Å². The van der Waals surface area contributed by atoms with Crippen molar-refractivity contribution in [3.63, 3.8) is 0 Å². The Kier molecular flexibility index (Phi) is 9.49. The quantitative estimate of drug-likeness (QED) is 0.229. The van der Waals surface area contributed by atoms with Crippen molar-refractivity contribution >= 4 is 23.5 Å². The lowest BCUT2D eigenvalue weighted by Gasteiger charge is -2.30. The fourth-order valence-electron chi connectivity index (χ4n) is 4.65. The van der Waals surface area contributed by atoms with Crippen molar-refractivity contribution in [2.75, 3.05) is 25.9 Å². The molecular formula is C29H30F2N2O4S. The number of halogens is 2. The molecule has 0 bridgehead atoms. The van der Waals surface area contributed by atoms with Crippen molar-refractivity contribution in [2.24, 2.45) is 5.92 Å². The molecule has 0 aliphatic carbocycles. The van der Waals surface area contributed by atoms with Gasteiger partial charge in [-0.2, -0.15) is 0 Å². The van der Waals surface area contributed by atoms with E-state index >= 15 is 0 Å². The van der Waals surface area contributed by atoms with Crippen LogP contribution in [-0.2, 0) is 11.4 Å². The van der Waals surface area contributed by atoms with E-state index in [1.54, 1.807) is 42.5 Å². The molecule has 4 rings (SSSR count). The summed E-state index contributed by atoms with van der Waals surface area (Å²) in [5, 5.41) is 15.3. The maximum Gasteiger partial charge on any atom is 0.317 e. The summed E-state index contributed by atoms with van der Waals surface area (Å²) in [4.78, 5) is 25.2. The zero-order valence-electron chi connectivity index (χ0n) is 21.0. The number of rotatable bonds is 11. The summed E-state index contributed by atoms with van der Waals surface area (Å²) in [6, 6.07) is 16.1. The number of ether oxygens (including phenoxy) is 1. The van der Waals surface area contributed by atoms with Gasteiger partial charge in [-0.05, 0) is 85.1 Å². The molecule has 1 saturated heterocycles. The summed E-state index contributed by atoms with van der Waals surface area (Å²) in [6.07, 6.45) is 3.59. The normalized spacial score (nSPS) is 16.1. The minimum absolute atomic E-state index is 0.00947. The molecule has 0 radical (unpaired) electrons. The number of thioether (sulfide) groups is 1. The maximum absolute atomic E-state index is 13.8. The Balaban J connectivity index is 1.44. The van der Waals surface area contributed by atoms with E-state index in [0.29, 0.717) is 28.3 Å². The second-order valence-corrected chi connectivity index (χ2v) is 10.1. The number of ketones is 1. The molecule has 0 aromatic heterocycles. The number of hydrogen-bond acceptors (Lipinski definition) is 6. The second-order valence-electron chi connectivity index (χ2n) is 9.20. The third-order valence-electron chi connectivity index (χ3n) is 6.59. The predicted octanol–water partition coefficient (Wildman–Crippen LogP) is 5.16. The van der Waals surface area contributed by atoms with E-state index in [1.165, 1.54) is 23.9 Å². The molecule has 3 aromatic rings. The van der Waals surface area contributed by atoms with Crippen LogP contribution in [0.2, 0.25) is 0 Å². The fraction of sp³-hybridized carbons (Fsp3) is 0.310. The van der Waals surface area contributed by atoms with Crippen LogP contribution in [0.5, 0.6) is 5.75 Å². The molecule has 0 saturated carbocycles. The molecule has 200 valence electrons. The number of aliphatic carboxylic acids is 1. The first-order chi connectivity index (χ1) is 18.4. The Morgan fingerprint density at radius 1 is 1.13 bits per heavy atom. The SMILES string of the molecule is CSc1cc(F)c(F)cc1-c1ccc(OCc2cccc(C(=O)C(NCC(=O)O)C3CCCNC3)c2)cc1. The smallest absolute Gasteiger partial charge is 0.317 e. The summed E-state index contributed by atoms with van der Waals surface area (Å²) in [7, 11) is 0. The van der Waals surface area contributed by atoms with Crippen LogP contribution >= 0.6 is 11.8 Å². The van der Waals surface area contributed by atoms with Crippen LogP contribution in [0.1, 0.15) is 28.8 Å². The Labute approximate surface area is 224 Å². The van der Waals surface area contributed by atoms with E-state index in [4.69, 9.17) is 9.84 Å². The molecule has 3 aromatic carbocycles. The standard InChI is InChI=1S/C29H30F2N2O4S/c1-38-26-14-25(31)24(30)13-23(26)19-7-9-22(10-8-19)37-17-18-4-2-5-20(12-18)29(36)28(33-16-27(34)35)21-6-3-11-32-15-21/h2,4-5,7-10,12-14,21,28,32-33H,3,6,11,15-17H2,1H3,(H,34,35). The van der Waals surface area contributed by atoms with Crippen molar-refractivity contribution in [2.45, 2.75) is 30.4 Å². The highest BCUT2D eigenvalue weighted by Crippen LogP contribution is 2.33. The lowest BCUT2D eigenvalue weighted by Crippen LogP contribution is -2.49. The van der Waals surface area contributed by atoms with Gasteiger partial charge in [0, 0.05) is 10.5 Å². The molecule has 0 spiro atoms. The van der Waals surface area contributed by atoms with Crippen LogP contribution < -0.4 is 15.4 Å². The lowest BCUT2D eigenvalue weighted by molar-refractivity contribution is -0.136. The van der Waals surface area contributed by atoms with Crippen molar-refractivity contribution in [3.8, 4) is 16.9 Å². The van der Waals surface area contributed by atoms with Gasteiger partial charge in [0.05, 0.1) is 12.6 Å². The van der Waals surface area contributed by atoms with Crippen LogP contribution in [-0.4, -0.2) is 48.8 Å². The molecule has 1 fully saturated rings. The summed E-state index contributed by atoms with van der Waals surface area (Å²) < 4.78 is 33.4. The van der Waals surface area contributed by atoms with E-state index in [2.05, 4.69) is 10.6 Å². The number of nitrogens with one attached hydrogen (secondary N) is 2. The number of carbonyl (C=O) groups is 2. The second kappa shape index (κ2) is 13.0. The Hall–Kier alpha value is -3.27. The third kappa shape index (κ3) is 6.98. The Morgan fingerprint density at radius 2 is 1.89 bits per heavy atom. The van der Waals surface area contributed by atoms with Crippen LogP contribution in [0.3, 0.4) is 0 Å². The predicted molar refractivity (Wildman–Crippen MR) is 144 cm³/mol. The number of carbonyl (C=O) groups excluding carboxylic acids is 1. The molecule has 38 heavy (non-hydrogen) atoms. The van der Waals surface area contributed by atoms with E-state index in [-0.39, 0.29) is 24.9 Å². The molecule has 1 aliphatic rings. The Bertz CT molecular complexity index is 1280. The zero-order chi connectivity index (χ0) is 27.1. The van der Waals surface area contributed by atoms with Crippen molar-refractivity contribution in [1.82, 2.24) is 10.6 Å². The van der Waals surface area contributed by atoms with Crippen LogP contribution in [0.25, 0.3) is 11.1 Å². The fourth-order valence-corrected chi connectivity index (χ4v) is 5.27. The third-order valence-corrected chi connectivity index (χ3v) is 7.36. The van der Waals surface area contributed by atoms with Gasteiger partial charge >= 0.3 is 5.97 Å². The number of hydrogen-bond donors (Lipinski definition) is 3. The summed E-state index contributed by atoms with van der Waals surface area (Å²) in [5.74, 6) is -2.31. The first-order valence-corrected chi connectivity index (χ1v) is 13.6. The monoisotopic (exact) mass is 540 g/mol. The summed E-state index contributed by atoms with van der Waals surface area (Å²) in [5.41, 5.74) is 2.64. The van der Waals surface area contributed by atoms with Gasteiger partial charge in [0.25, 0.3) is 0 Å². The van der Waals surface area contributed by atoms with Gasteiger partial charge in [0.15, 0.2) is 17.4 Å². The average molecular weight is 541 g/mol. The van der Waals surface area contributed by atoms with Gasteiger partial charge in [0.2, 0.25) is 0 Å². The van der Waals surface area contributed by atoms with Crippen LogP contribution in [0, 0.1) is 17.6 Å². The average Bonchev–Trinajstić information content (AvgIpc) is 2.94. The number of carboxylic acid groups (broad SMARTS) is 1. The minimum Gasteiger partial charge on any atom is -0.489 e. The van der Waals surface area contributed by atoms with Crippen molar-refractivity contribution < 1.29 is 28.2 Å². The molecule has 6 nitrogen and oxygen atoms in total. The Morgan fingerprint density at radius 3 is 2.58 bits per heavy atom. The minimum atomic E-state index is -1.01. The topological polar surface area (TPSA) is 87.7 Å². The van der Waals surface area contributed by atoms with Crippen LogP contribution in [0.15, 0.2) is 65.6 Å². The molecular weight excluding hydrogens is 510 g/mol. The molecule has 1 heterocycles. The van der Waals surface area contributed by atoms with Gasteiger partial charge in [-0.1, -0.05) is 30.3 Å². The van der Waals surface area contributed by atoms with Crippen LogP contribution in [0.4, 0.5) is 8.78 Å². The first kappa shape index (κ1) is 27.8. The summed E-state index contributed by atoms with van der Waals surface area (Å²) >= 11 is 1.34. The van der Waals surface area contributed by atoms with Gasteiger partial charge in [-0.3, -0.25) is 14.9 Å². The number of Topliss-reactive ketones (excluding diaryl/α,β-unsaturated/α-hetero) is 1. The molecule has 2 atom stereocenters. The maximum atomic E-state index is 13.8. The van der Waals surface area contributed by atoms with Gasteiger partial charge in [-0.25, -0.2) is 8.78 Å². The van der Waals surface area contributed by atoms with E-state index in [0.717, 1.165) is 30.5 Å². The molecule has 0 amide bonds. The zero-order valence-corrected chi connectivity index (χ0v) is 21.8. The lowest BCUT2D eigenvalue weighted by atomic mass is 9.86. The van der Waals surface area contributed by atoms with Crippen molar-refractivity contribution in [1.29, 1.82) is 0 Å². The highest BCUT2D eigenvalue weighted by molar-refractivity contribution is 7.98. The highest BCUT2D eigenvalue weighted by atomic mass is 32.2. The molecule has 1 aliphatic heterocycles. The summed E-state index contributed by atoms with van der Waals surface area (Å²) in [6.45, 7) is 1.49. The van der Waals surface area contributed by atoms with E-state index < -0.39 is 23.6 Å². The molecule has 9 heteroatoms. The van der Waals surface area contributed by atoms with Gasteiger partial charge in [0.1, 0.15) is 12.4 Å². The molecule has 2 unspecified atom stereocenters. The van der Waals surface area contributed by atoms with E-state index in [1.807, 2.05) is 12.3 Å². The van der Waals surface area contributed by atoms with Gasteiger partial charge in [-0.15, -0.1) is 11.8 Å². The molecule has 3 N–H and O–H groups in total. The number of piperidine rings is 1. The van der Waals surface area contributed by atoms with Gasteiger partial charge < -0.3 is 15.2 Å². The number of carboxylic acids is 1. The van der Waals surface area contributed by atoms with Crippen molar-refractivity contribution in [3.05, 3.63) is 83.4 Å². The first-order valence-electron chi connectivity index (χ1n) is 12.4.